The Morgan fingerprint density at radius 1 is 1.22 bits per heavy atom. The highest BCUT2D eigenvalue weighted by molar-refractivity contribution is 6.28. The van der Waals surface area contributed by atoms with E-state index in [0.717, 1.165) is 12.1 Å². The van der Waals surface area contributed by atoms with Crippen molar-refractivity contribution in [3.05, 3.63) is 40.5 Å². The van der Waals surface area contributed by atoms with Crippen molar-refractivity contribution in [2.45, 2.75) is 26.2 Å². The summed E-state index contributed by atoms with van der Waals surface area (Å²) < 4.78 is 26.9. The quantitative estimate of drug-likeness (QED) is 0.831. The second kappa shape index (κ2) is 5.57. The van der Waals surface area contributed by atoms with Crippen LogP contribution in [0.1, 0.15) is 31.9 Å². The lowest BCUT2D eigenvalue weighted by atomic mass is 9.71. The predicted molar refractivity (Wildman–Crippen MR) is 77.6 cm³/mol. The second-order valence-corrected chi connectivity index (χ2v) is 5.87. The van der Waals surface area contributed by atoms with Crippen LogP contribution in [0.4, 0.5) is 8.78 Å². The molecule has 7 heteroatoms. The van der Waals surface area contributed by atoms with Gasteiger partial charge in [-0.3, -0.25) is 14.4 Å². The van der Waals surface area contributed by atoms with Gasteiger partial charge in [0.2, 0.25) is 0 Å². The Morgan fingerprint density at radius 2 is 1.78 bits per heavy atom. The summed E-state index contributed by atoms with van der Waals surface area (Å²) in [4.78, 5) is 35.6. The Kier molecular flexibility index (Phi) is 4.07. The molecule has 0 aliphatic heterocycles. The van der Waals surface area contributed by atoms with E-state index in [0.29, 0.717) is 0 Å². The monoisotopic (exact) mass is 323 g/mol. The molecule has 0 atom stereocenters. The van der Waals surface area contributed by atoms with Gasteiger partial charge < -0.3 is 10.4 Å². The van der Waals surface area contributed by atoms with Crippen molar-refractivity contribution in [1.29, 1.82) is 0 Å². The number of carbonyl (C=O) groups is 3. The van der Waals surface area contributed by atoms with Gasteiger partial charge in [-0.2, -0.15) is 0 Å². The molecule has 0 aromatic heterocycles. The molecule has 0 unspecified atom stereocenters. The van der Waals surface area contributed by atoms with E-state index in [4.69, 9.17) is 0 Å². The van der Waals surface area contributed by atoms with Crippen LogP contribution in [-0.2, 0) is 19.8 Å². The maximum absolute atomic E-state index is 13.5. The zero-order chi connectivity index (χ0) is 17.5. The number of benzene rings is 1. The molecule has 122 valence electrons. The molecular weight excluding hydrogens is 308 g/mol. The fraction of sp³-hybridized carbons (Fsp3) is 0.312. The largest absolute Gasteiger partial charge is 0.506 e. The number of rotatable bonds is 3. The predicted octanol–water partition coefficient (Wildman–Crippen LogP) is 1.80. The lowest BCUT2D eigenvalue weighted by molar-refractivity contribution is -0.126. The molecule has 1 amide bonds. The van der Waals surface area contributed by atoms with E-state index in [1.54, 1.807) is 0 Å². The normalized spacial score (nSPS) is 16.1. The molecular formula is C16H15F2NO4. The number of nitrogens with one attached hydrogen (secondary N) is 1. The average molecular weight is 323 g/mol. The van der Waals surface area contributed by atoms with Gasteiger partial charge in [0.15, 0.2) is 17.4 Å². The van der Waals surface area contributed by atoms with E-state index >= 15 is 0 Å². The molecule has 0 bridgehead atoms. The maximum atomic E-state index is 13.5. The molecule has 0 spiro atoms. The third-order valence-corrected chi connectivity index (χ3v) is 3.75. The van der Waals surface area contributed by atoms with Gasteiger partial charge in [0, 0.05) is 5.56 Å². The van der Waals surface area contributed by atoms with Crippen LogP contribution in [0.2, 0.25) is 0 Å². The lowest BCUT2D eigenvalue weighted by Gasteiger charge is -2.31. The Labute approximate surface area is 131 Å². The topological polar surface area (TPSA) is 83.5 Å². The molecule has 0 radical (unpaired) electrons. The van der Waals surface area contributed by atoms with Crippen molar-refractivity contribution in [1.82, 2.24) is 5.32 Å². The molecule has 1 aromatic rings. The third-order valence-electron chi connectivity index (χ3n) is 3.75. The zero-order valence-corrected chi connectivity index (χ0v) is 12.8. The van der Waals surface area contributed by atoms with Gasteiger partial charge in [-0.05, 0) is 38.5 Å². The SMILES string of the molecule is CC(=O)CNC(=O)C1=C(O)c2cc(F)c(F)cc2C(C)(C)C1=O. The Balaban J connectivity index is 2.62. The summed E-state index contributed by atoms with van der Waals surface area (Å²) in [7, 11) is 0. The van der Waals surface area contributed by atoms with Gasteiger partial charge in [0.05, 0.1) is 12.0 Å². The number of fused-ring (bicyclic) bond motifs is 1. The second-order valence-electron chi connectivity index (χ2n) is 5.87. The van der Waals surface area contributed by atoms with Crippen LogP contribution >= 0.6 is 0 Å². The van der Waals surface area contributed by atoms with Crippen molar-refractivity contribution < 1.29 is 28.3 Å². The first-order valence-electron chi connectivity index (χ1n) is 6.83. The minimum Gasteiger partial charge on any atom is -0.506 e. The molecule has 0 fully saturated rings. The van der Waals surface area contributed by atoms with Gasteiger partial charge in [0.25, 0.3) is 5.91 Å². The van der Waals surface area contributed by atoms with E-state index in [1.807, 2.05) is 0 Å². The molecule has 0 saturated heterocycles. The van der Waals surface area contributed by atoms with Crippen molar-refractivity contribution in [2.75, 3.05) is 6.54 Å². The summed E-state index contributed by atoms with van der Waals surface area (Å²) in [5.74, 6) is -5.11. The van der Waals surface area contributed by atoms with E-state index in [9.17, 15) is 28.3 Å². The van der Waals surface area contributed by atoms with E-state index in [1.165, 1.54) is 20.8 Å². The van der Waals surface area contributed by atoms with Crippen molar-refractivity contribution in [3.63, 3.8) is 0 Å². The minimum absolute atomic E-state index is 0.0852. The number of halogens is 2. The summed E-state index contributed by atoms with van der Waals surface area (Å²) in [5, 5.41) is 12.4. The highest BCUT2D eigenvalue weighted by atomic mass is 19.2. The molecule has 5 nitrogen and oxygen atoms in total. The molecule has 1 aromatic carbocycles. The average Bonchev–Trinajstić information content (AvgIpc) is 2.45. The smallest absolute Gasteiger partial charge is 0.259 e. The number of hydrogen-bond acceptors (Lipinski definition) is 4. The van der Waals surface area contributed by atoms with Crippen molar-refractivity contribution >= 4 is 23.2 Å². The maximum Gasteiger partial charge on any atom is 0.259 e. The van der Waals surface area contributed by atoms with Crippen LogP contribution in [0.15, 0.2) is 17.7 Å². The summed E-state index contributed by atoms with van der Waals surface area (Å²) in [6.07, 6.45) is 0. The first kappa shape index (κ1) is 16.8. The summed E-state index contributed by atoms with van der Waals surface area (Å²) >= 11 is 0. The first-order valence-corrected chi connectivity index (χ1v) is 6.83. The van der Waals surface area contributed by atoms with Crippen LogP contribution in [0.25, 0.3) is 5.76 Å². The van der Waals surface area contributed by atoms with Crippen LogP contribution in [0.5, 0.6) is 0 Å². The molecule has 1 aliphatic carbocycles. The number of amides is 1. The number of Topliss-reactive ketones (excluding diaryl/α,β-unsaturated/α-hetero) is 2. The van der Waals surface area contributed by atoms with Crippen LogP contribution in [0.3, 0.4) is 0 Å². The number of hydrogen-bond donors (Lipinski definition) is 2. The molecule has 2 N–H and O–H groups in total. The van der Waals surface area contributed by atoms with Gasteiger partial charge in [-0.15, -0.1) is 0 Å². The number of ketones is 2. The Bertz CT molecular complexity index is 766. The minimum atomic E-state index is -1.33. The van der Waals surface area contributed by atoms with E-state index in [2.05, 4.69) is 5.32 Å². The third kappa shape index (κ3) is 2.74. The van der Waals surface area contributed by atoms with Crippen LogP contribution in [-0.4, -0.2) is 29.1 Å². The van der Waals surface area contributed by atoms with E-state index < -0.39 is 40.1 Å². The number of carbonyl (C=O) groups excluding carboxylic acids is 3. The summed E-state index contributed by atoms with van der Waals surface area (Å²) in [6, 6.07) is 1.58. The van der Waals surface area contributed by atoms with Gasteiger partial charge in [-0.25, -0.2) is 8.78 Å². The fourth-order valence-corrected chi connectivity index (χ4v) is 2.44. The highest BCUT2D eigenvalue weighted by Gasteiger charge is 2.43. The van der Waals surface area contributed by atoms with Crippen molar-refractivity contribution in [2.24, 2.45) is 0 Å². The first-order chi connectivity index (χ1) is 10.6. The Hall–Kier alpha value is -2.57. The van der Waals surface area contributed by atoms with E-state index in [-0.39, 0.29) is 23.5 Å². The van der Waals surface area contributed by atoms with Crippen LogP contribution < -0.4 is 5.32 Å². The highest BCUT2D eigenvalue weighted by Crippen LogP contribution is 2.40. The van der Waals surface area contributed by atoms with Crippen molar-refractivity contribution in [3.8, 4) is 0 Å². The summed E-state index contributed by atoms with van der Waals surface area (Å²) in [5.41, 5.74) is -1.95. The molecule has 0 saturated carbocycles. The van der Waals surface area contributed by atoms with Gasteiger partial charge in [0.1, 0.15) is 17.1 Å². The Morgan fingerprint density at radius 3 is 2.35 bits per heavy atom. The number of aliphatic hydroxyl groups excluding tert-OH is 1. The fourth-order valence-electron chi connectivity index (χ4n) is 2.44. The molecule has 2 rings (SSSR count). The van der Waals surface area contributed by atoms with Gasteiger partial charge >= 0.3 is 0 Å². The standard InChI is InChI=1S/C16H15F2NO4/c1-7(20)6-19-15(23)12-13(21)8-4-10(17)11(18)5-9(8)16(2,3)14(12)22/h4-5,21H,6H2,1-3H3,(H,19,23). The lowest BCUT2D eigenvalue weighted by Crippen LogP contribution is -2.42. The van der Waals surface area contributed by atoms with Gasteiger partial charge in [-0.1, -0.05) is 0 Å². The molecule has 0 heterocycles. The molecule has 23 heavy (non-hydrogen) atoms. The zero-order valence-electron chi connectivity index (χ0n) is 12.8. The van der Waals surface area contributed by atoms with Crippen LogP contribution in [0, 0.1) is 11.6 Å². The number of aliphatic hydroxyl groups is 1. The molecule has 1 aliphatic rings. The summed E-state index contributed by atoms with van der Waals surface area (Å²) in [6.45, 7) is 3.81.